The third-order valence-corrected chi connectivity index (χ3v) is 1.44. The van der Waals surface area contributed by atoms with E-state index in [-0.39, 0.29) is 0 Å². The molecule has 0 atom stereocenters. The summed E-state index contributed by atoms with van der Waals surface area (Å²) in [6, 6.07) is 0. The summed E-state index contributed by atoms with van der Waals surface area (Å²) in [7, 11) is 0. The second-order valence-electron chi connectivity index (χ2n) is 2.34. The van der Waals surface area contributed by atoms with Gasteiger partial charge < -0.3 is 0 Å². The van der Waals surface area contributed by atoms with Gasteiger partial charge in [0.25, 0.3) is 0 Å². The maximum atomic E-state index is 9.68. The fraction of sp³-hybridized carbons (Fsp3) is 0.571. The lowest BCUT2D eigenvalue weighted by Gasteiger charge is -1.96. The van der Waals surface area contributed by atoms with Crippen molar-refractivity contribution in [3.05, 3.63) is 12.7 Å². The zero-order chi connectivity index (χ0) is 8.65. The Morgan fingerprint density at radius 2 is 2.42 bits per heavy atom. The molecule has 64 valence electrons. The van der Waals surface area contributed by atoms with Crippen LogP contribution in [-0.2, 0) is 11.3 Å². The number of carbonyl (C=O) groups excluding carboxylic acids is 1. The highest BCUT2D eigenvalue weighted by Gasteiger charge is 1.90. The molecule has 0 fully saturated rings. The summed E-state index contributed by atoms with van der Waals surface area (Å²) in [5, 5.41) is 3.93. The molecule has 0 unspecified atom stereocenters. The van der Waals surface area contributed by atoms with Crippen molar-refractivity contribution in [2.24, 2.45) is 4.99 Å². The lowest BCUT2D eigenvalue weighted by Crippen LogP contribution is -1.98. The van der Waals surface area contributed by atoms with Crippen molar-refractivity contribution < 1.29 is 4.79 Å². The molecule has 0 saturated carbocycles. The molecule has 0 bridgehead atoms. The lowest BCUT2D eigenvalue weighted by atomic mass is 10.3. The van der Waals surface area contributed by atoms with E-state index in [1.165, 1.54) is 12.4 Å². The van der Waals surface area contributed by atoms with Gasteiger partial charge in [0.1, 0.15) is 12.7 Å². The molecule has 1 heterocycles. The van der Waals surface area contributed by atoms with Crippen LogP contribution in [0.3, 0.4) is 0 Å². The summed E-state index contributed by atoms with van der Waals surface area (Å²) in [5.41, 5.74) is 0. The van der Waals surface area contributed by atoms with Gasteiger partial charge in [0.2, 0.25) is 6.08 Å². The average molecular weight is 166 g/mol. The van der Waals surface area contributed by atoms with Gasteiger partial charge in [0, 0.05) is 6.54 Å². The van der Waals surface area contributed by atoms with Crippen LogP contribution in [0, 0.1) is 0 Å². The van der Waals surface area contributed by atoms with Crippen LogP contribution in [0.5, 0.6) is 0 Å². The number of rotatable bonds is 5. The molecular weight excluding hydrogens is 156 g/mol. The fourth-order valence-corrected chi connectivity index (χ4v) is 0.859. The van der Waals surface area contributed by atoms with Gasteiger partial charge in [0.05, 0.1) is 6.54 Å². The minimum atomic E-state index is 0.554. The van der Waals surface area contributed by atoms with Crippen LogP contribution in [0.4, 0.5) is 0 Å². The second kappa shape index (κ2) is 5.21. The van der Waals surface area contributed by atoms with Crippen molar-refractivity contribution in [3.8, 4) is 0 Å². The molecule has 1 aromatic heterocycles. The van der Waals surface area contributed by atoms with Gasteiger partial charge in [-0.3, -0.25) is 4.68 Å². The van der Waals surface area contributed by atoms with Crippen molar-refractivity contribution in [1.82, 2.24) is 14.8 Å². The first-order chi connectivity index (χ1) is 5.93. The third kappa shape index (κ3) is 3.07. The molecule has 5 heteroatoms. The first-order valence-corrected chi connectivity index (χ1v) is 3.79. The molecule has 5 nitrogen and oxygen atoms in total. The number of hydrogen-bond acceptors (Lipinski definition) is 4. The molecule has 0 amide bonds. The van der Waals surface area contributed by atoms with Crippen LogP contribution in [-0.4, -0.2) is 27.4 Å². The van der Waals surface area contributed by atoms with Crippen molar-refractivity contribution in [1.29, 1.82) is 0 Å². The zero-order valence-electron chi connectivity index (χ0n) is 6.68. The Kier molecular flexibility index (Phi) is 3.74. The number of nitrogens with zero attached hydrogens (tertiary/aromatic N) is 4. The van der Waals surface area contributed by atoms with Crippen LogP contribution in [0.25, 0.3) is 0 Å². The van der Waals surface area contributed by atoms with Crippen LogP contribution in [0.2, 0.25) is 0 Å². The Morgan fingerprint density at radius 1 is 1.50 bits per heavy atom. The smallest absolute Gasteiger partial charge is 0.234 e. The minimum absolute atomic E-state index is 0.554. The van der Waals surface area contributed by atoms with Gasteiger partial charge >= 0.3 is 0 Å². The molecule has 0 saturated heterocycles. The SMILES string of the molecule is O=C=NCCCCn1cncn1. The Balaban J connectivity index is 2.07. The summed E-state index contributed by atoms with van der Waals surface area (Å²) < 4.78 is 1.75. The van der Waals surface area contributed by atoms with Crippen molar-refractivity contribution in [2.75, 3.05) is 6.54 Å². The zero-order valence-corrected chi connectivity index (χ0v) is 6.68. The molecule has 12 heavy (non-hydrogen) atoms. The summed E-state index contributed by atoms with van der Waals surface area (Å²) in [6.45, 7) is 1.38. The second-order valence-corrected chi connectivity index (χ2v) is 2.34. The maximum Gasteiger partial charge on any atom is 0.234 e. The van der Waals surface area contributed by atoms with E-state index in [9.17, 15) is 4.79 Å². The van der Waals surface area contributed by atoms with Gasteiger partial charge in [-0.05, 0) is 12.8 Å². The molecule has 1 aromatic rings. The Labute approximate surface area is 70.1 Å². The molecule has 1 rings (SSSR count). The third-order valence-electron chi connectivity index (χ3n) is 1.44. The van der Waals surface area contributed by atoms with Gasteiger partial charge in [-0.15, -0.1) is 0 Å². The number of aromatic nitrogens is 3. The maximum absolute atomic E-state index is 9.68. The van der Waals surface area contributed by atoms with E-state index < -0.39 is 0 Å². The van der Waals surface area contributed by atoms with E-state index in [4.69, 9.17) is 0 Å². The van der Waals surface area contributed by atoms with Crippen molar-refractivity contribution in [2.45, 2.75) is 19.4 Å². The topological polar surface area (TPSA) is 60.1 Å². The molecule has 0 aliphatic rings. The van der Waals surface area contributed by atoms with E-state index >= 15 is 0 Å². The molecule has 0 spiro atoms. The Hall–Kier alpha value is -1.48. The number of unbranched alkanes of at least 4 members (excludes halogenated alkanes) is 1. The normalized spacial score (nSPS) is 9.33. The number of isocyanates is 1. The summed E-state index contributed by atoms with van der Waals surface area (Å²) in [5.74, 6) is 0. The Morgan fingerprint density at radius 3 is 3.08 bits per heavy atom. The largest absolute Gasteiger partial charge is 0.253 e. The summed E-state index contributed by atoms with van der Waals surface area (Å²) in [4.78, 5) is 16.9. The van der Waals surface area contributed by atoms with Gasteiger partial charge in [-0.25, -0.2) is 14.8 Å². The van der Waals surface area contributed by atoms with E-state index in [0.717, 1.165) is 19.4 Å². The Bertz CT molecular complexity index is 250. The molecular formula is C7H10N4O. The van der Waals surface area contributed by atoms with Gasteiger partial charge in [-0.1, -0.05) is 0 Å². The van der Waals surface area contributed by atoms with Crippen LogP contribution >= 0.6 is 0 Å². The number of aryl methyl sites for hydroxylation is 1. The fourth-order valence-electron chi connectivity index (χ4n) is 0.859. The van der Waals surface area contributed by atoms with Crippen LogP contribution in [0.15, 0.2) is 17.6 Å². The summed E-state index contributed by atoms with van der Waals surface area (Å²) in [6.07, 6.45) is 6.51. The van der Waals surface area contributed by atoms with Crippen molar-refractivity contribution >= 4 is 6.08 Å². The number of hydrogen-bond donors (Lipinski definition) is 0. The van der Waals surface area contributed by atoms with E-state index in [1.807, 2.05) is 0 Å². The highest BCUT2D eigenvalue weighted by atomic mass is 16.1. The number of aliphatic imine (C=N–C) groups is 1. The monoisotopic (exact) mass is 166 g/mol. The molecule has 0 aromatic carbocycles. The van der Waals surface area contributed by atoms with Gasteiger partial charge in [-0.2, -0.15) is 5.10 Å². The summed E-state index contributed by atoms with van der Waals surface area (Å²) >= 11 is 0. The van der Waals surface area contributed by atoms with Crippen LogP contribution in [0.1, 0.15) is 12.8 Å². The van der Waals surface area contributed by atoms with E-state index in [1.54, 1.807) is 11.0 Å². The molecule has 0 aliphatic carbocycles. The minimum Gasteiger partial charge on any atom is -0.253 e. The highest BCUT2D eigenvalue weighted by molar-refractivity contribution is 5.32. The van der Waals surface area contributed by atoms with E-state index in [0.29, 0.717) is 6.54 Å². The molecule has 0 aliphatic heterocycles. The molecule has 0 N–H and O–H groups in total. The van der Waals surface area contributed by atoms with Crippen LogP contribution < -0.4 is 0 Å². The standard InChI is InChI=1S/C7H10N4O/c12-7-8-3-1-2-4-11-6-9-5-10-11/h5-6H,1-4H2. The van der Waals surface area contributed by atoms with Gasteiger partial charge in [0.15, 0.2) is 0 Å². The first kappa shape index (κ1) is 8.62. The molecule has 0 radical (unpaired) electrons. The lowest BCUT2D eigenvalue weighted by molar-refractivity contribution is 0.550. The van der Waals surface area contributed by atoms with E-state index in [2.05, 4.69) is 15.1 Å². The van der Waals surface area contributed by atoms with Crippen molar-refractivity contribution in [3.63, 3.8) is 0 Å². The average Bonchev–Trinajstić information content (AvgIpc) is 2.57. The predicted molar refractivity (Wildman–Crippen MR) is 42.2 cm³/mol. The first-order valence-electron chi connectivity index (χ1n) is 3.79. The highest BCUT2D eigenvalue weighted by Crippen LogP contribution is 1.92. The predicted octanol–water partition coefficient (Wildman–Crippen LogP) is 0.394. The quantitative estimate of drug-likeness (QED) is 0.361.